The van der Waals surface area contributed by atoms with E-state index in [9.17, 15) is 13.8 Å². The number of nitrogens with one attached hydrogen (secondary N) is 2. The van der Waals surface area contributed by atoms with E-state index in [4.69, 9.17) is 16.7 Å². The van der Waals surface area contributed by atoms with Crippen molar-refractivity contribution in [3.63, 3.8) is 0 Å². The van der Waals surface area contributed by atoms with Crippen molar-refractivity contribution in [2.75, 3.05) is 18.1 Å². The van der Waals surface area contributed by atoms with Gasteiger partial charge in [-0.25, -0.2) is 9.59 Å². The van der Waals surface area contributed by atoms with Crippen LogP contribution in [-0.4, -0.2) is 39.4 Å². The van der Waals surface area contributed by atoms with E-state index >= 15 is 0 Å². The number of benzene rings is 1. The molecule has 0 aliphatic carbocycles. The summed E-state index contributed by atoms with van der Waals surface area (Å²) in [6.45, 7) is 1.96. The number of carbonyl (C=O) groups is 2. The zero-order valence-electron chi connectivity index (χ0n) is 11.0. The Bertz CT molecular complexity index is 550. The number of rotatable bonds is 5. The molecule has 2 amide bonds. The molecule has 0 heterocycles. The molecule has 110 valence electrons. The van der Waals surface area contributed by atoms with Crippen LogP contribution < -0.4 is 10.6 Å². The van der Waals surface area contributed by atoms with Crippen LogP contribution in [-0.2, 0) is 10.8 Å². The minimum absolute atomic E-state index is 0.0974. The summed E-state index contributed by atoms with van der Waals surface area (Å²) in [6, 6.07) is 3.58. The third-order valence-corrected chi connectivity index (χ3v) is 4.11. The molecule has 8 heteroatoms. The maximum Gasteiger partial charge on any atom is 0.337 e. The van der Waals surface area contributed by atoms with Crippen molar-refractivity contribution in [2.45, 2.75) is 12.2 Å². The van der Waals surface area contributed by atoms with Crippen LogP contribution in [0.1, 0.15) is 17.3 Å². The van der Waals surface area contributed by atoms with Gasteiger partial charge in [0.2, 0.25) is 0 Å². The van der Waals surface area contributed by atoms with E-state index in [-0.39, 0.29) is 28.1 Å². The fourth-order valence-corrected chi connectivity index (χ4v) is 1.81. The van der Waals surface area contributed by atoms with E-state index in [0.29, 0.717) is 0 Å². The Morgan fingerprint density at radius 3 is 2.65 bits per heavy atom. The highest BCUT2D eigenvalue weighted by molar-refractivity contribution is 7.84. The maximum atomic E-state index is 11.7. The number of halogens is 1. The van der Waals surface area contributed by atoms with E-state index in [2.05, 4.69) is 10.6 Å². The van der Waals surface area contributed by atoms with Crippen molar-refractivity contribution in [1.82, 2.24) is 5.32 Å². The van der Waals surface area contributed by atoms with E-state index in [0.717, 1.165) is 0 Å². The van der Waals surface area contributed by atoms with Crippen LogP contribution in [0.5, 0.6) is 0 Å². The van der Waals surface area contributed by atoms with Crippen LogP contribution in [0.15, 0.2) is 18.2 Å². The average Bonchev–Trinajstić information content (AvgIpc) is 2.37. The Hall–Kier alpha value is -1.60. The molecule has 1 rings (SSSR count). The van der Waals surface area contributed by atoms with Gasteiger partial charge in [-0.15, -0.1) is 0 Å². The number of carbonyl (C=O) groups excluding carboxylic acids is 1. The molecule has 1 aromatic rings. The molecule has 1 aromatic carbocycles. The Labute approximate surface area is 124 Å². The van der Waals surface area contributed by atoms with Crippen LogP contribution in [0.2, 0.25) is 5.02 Å². The monoisotopic (exact) mass is 318 g/mol. The topological polar surface area (TPSA) is 95.5 Å². The van der Waals surface area contributed by atoms with Crippen LogP contribution >= 0.6 is 11.6 Å². The number of urea groups is 1. The van der Waals surface area contributed by atoms with E-state index < -0.39 is 22.8 Å². The molecule has 0 aliphatic heterocycles. The molecular formula is C12H15ClN2O4S. The summed E-state index contributed by atoms with van der Waals surface area (Å²) in [5.41, 5.74) is 0.0458. The zero-order chi connectivity index (χ0) is 15.3. The van der Waals surface area contributed by atoms with Crippen LogP contribution in [0.3, 0.4) is 0 Å². The Kier molecular flexibility index (Phi) is 5.97. The number of anilines is 1. The first-order valence-electron chi connectivity index (χ1n) is 5.71. The van der Waals surface area contributed by atoms with E-state index in [1.807, 2.05) is 0 Å². The smallest absolute Gasteiger partial charge is 0.337 e. The van der Waals surface area contributed by atoms with Crippen LogP contribution in [0.25, 0.3) is 0 Å². The third kappa shape index (κ3) is 4.82. The molecule has 2 atom stereocenters. The first kappa shape index (κ1) is 16.5. The highest BCUT2D eigenvalue weighted by Crippen LogP contribution is 2.20. The normalized spacial score (nSPS) is 13.3. The van der Waals surface area contributed by atoms with Gasteiger partial charge in [-0.3, -0.25) is 4.21 Å². The Morgan fingerprint density at radius 2 is 2.10 bits per heavy atom. The lowest BCUT2D eigenvalue weighted by Gasteiger charge is -2.12. The highest BCUT2D eigenvalue weighted by atomic mass is 35.5. The number of aromatic carboxylic acids is 1. The summed E-state index contributed by atoms with van der Waals surface area (Å²) >= 11 is 5.71. The molecule has 0 bridgehead atoms. The lowest BCUT2D eigenvalue weighted by Crippen LogP contribution is -2.35. The molecule has 0 saturated heterocycles. The van der Waals surface area contributed by atoms with Gasteiger partial charge in [-0.1, -0.05) is 11.6 Å². The molecule has 0 aliphatic rings. The molecule has 0 spiro atoms. The average molecular weight is 319 g/mol. The first-order chi connectivity index (χ1) is 9.31. The summed E-state index contributed by atoms with van der Waals surface area (Å²) in [6.07, 6.45) is 1.55. The second-order valence-electron chi connectivity index (χ2n) is 4.14. The minimum atomic E-state index is -1.19. The fourth-order valence-electron chi connectivity index (χ4n) is 1.32. The lowest BCUT2D eigenvalue weighted by molar-refractivity contribution is 0.0698. The quantitative estimate of drug-likeness (QED) is 0.773. The molecule has 6 nitrogen and oxygen atoms in total. The highest BCUT2D eigenvalue weighted by Gasteiger charge is 2.14. The van der Waals surface area contributed by atoms with Gasteiger partial charge in [0.1, 0.15) is 0 Å². The SMILES string of the molecule is CC(CNC(=O)Nc1ccc(Cl)cc1C(=O)O)S(C)=O. The van der Waals surface area contributed by atoms with Gasteiger partial charge < -0.3 is 15.7 Å². The van der Waals surface area contributed by atoms with E-state index in [1.54, 1.807) is 13.2 Å². The third-order valence-electron chi connectivity index (χ3n) is 2.58. The standard InChI is InChI=1S/C12H15ClN2O4S/c1-7(20(2)19)6-14-12(18)15-10-4-3-8(13)5-9(10)11(16)17/h3-5,7H,6H2,1-2H3,(H,16,17)(H2,14,15,18). The Morgan fingerprint density at radius 1 is 1.45 bits per heavy atom. The Balaban J connectivity index is 2.71. The van der Waals surface area contributed by atoms with Crippen molar-refractivity contribution < 1.29 is 18.9 Å². The first-order valence-corrected chi connectivity index (χ1v) is 7.71. The van der Waals surface area contributed by atoms with Crippen molar-refractivity contribution >= 4 is 40.1 Å². The zero-order valence-corrected chi connectivity index (χ0v) is 12.5. The summed E-state index contributed by atoms with van der Waals surface area (Å²) in [7, 11) is -1.04. The number of carboxylic acid groups (broad SMARTS) is 1. The van der Waals surface area contributed by atoms with Gasteiger partial charge >= 0.3 is 12.0 Å². The molecule has 0 fully saturated rings. The molecule has 0 aromatic heterocycles. The molecule has 2 unspecified atom stereocenters. The summed E-state index contributed by atoms with van der Waals surface area (Å²) in [5.74, 6) is -1.19. The fraction of sp³-hybridized carbons (Fsp3) is 0.333. The summed E-state index contributed by atoms with van der Waals surface area (Å²) < 4.78 is 11.1. The van der Waals surface area contributed by atoms with Gasteiger partial charge in [0.25, 0.3) is 0 Å². The maximum absolute atomic E-state index is 11.7. The summed E-state index contributed by atoms with van der Waals surface area (Å²) in [5, 5.41) is 14.0. The molecule has 20 heavy (non-hydrogen) atoms. The van der Waals surface area contributed by atoms with Gasteiger partial charge in [-0.05, 0) is 25.1 Å². The van der Waals surface area contributed by atoms with Gasteiger partial charge in [0, 0.05) is 33.9 Å². The number of hydrogen-bond acceptors (Lipinski definition) is 3. The van der Waals surface area contributed by atoms with Crippen molar-refractivity contribution in [1.29, 1.82) is 0 Å². The number of carboxylic acids is 1. The molecule has 0 radical (unpaired) electrons. The predicted molar refractivity (Wildman–Crippen MR) is 79.0 cm³/mol. The van der Waals surface area contributed by atoms with Gasteiger partial charge in [0.15, 0.2) is 0 Å². The largest absolute Gasteiger partial charge is 0.478 e. The second kappa shape index (κ2) is 7.25. The number of amides is 2. The van der Waals surface area contributed by atoms with Crippen molar-refractivity contribution in [3.05, 3.63) is 28.8 Å². The van der Waals surface area contributed by atoms with Gasteiger partial charge in [0.05, 0.1) is 11.3 Å². The van der Waals surface area contributed by atoms with Crippen LogP contribution in [0.4, 0.5) is 10.5 Å². The van der Waals surface area contributed by atoms with Crippen LogP contribution in [0, 0.1) is 0 Å². The summed E-state index contributed by atoms with van der Waals surface area (Å²) in [4.78, 5) is 22.7. The van der Waals surface area contributed by atoms with Gasteiger partial charge in [-0.2, -0.15) is 0 Å². The van der Waals surface area contributed by atoms with E-state index in [1.165, 1.54) is 18.2 Å². The molecule has 0 saturated carbocycles. The van der Waals surface area contributed by atoms with Crippen molar-refractivity contribution in [2.24, 2.45) is 0 Å². The predicted octanol–water partition coefficient (Wildman–Crippen LogP) is 1.93. The second-order valence-corrected chi connectivity index (χ2v) is 6.38. The lowest BCUT2D eigenvalue weighted by atomic mass is 10.2. The molecule has 3 N–H and O–H groups in total. The van der Waals surface area contributed by atoms with Crippen molar-refractivity contribution in [3.8, 4) is 0 Å². The molecular weight excluding hydrogens is 304 g/mol. The number of hydrogen-bond donors (Lipinski definition) is 3. The minimum Gasteiger partial charge on any atom is -0.478 e.